The van der Waals surface area contributed by atoms with Crippen LogP contribution in [-0.2, 0) is 9.53 Å². The zero-order valence-electron chi connectivity index (χ0n) is 18.3. The van der Waals surface area contributed by atoms with E-state index in [0.29, 0.717) is 19.5 Å². The lowest BCUT2D eigenvalue weighted by Crippen LogP contribution is -2.62. The Kier molecular flexibility index (Phi) is 7.72. The summed E-state index contributed by atoms with van der Waals surface area (Å²) in [5.74, 6) is -0.236. The number of nitrogens with two attached hydrogens (primary N) is 2. The summed E-state index contributed by atoms with van der Waals surface area (Å²) < 4.78 is 5.73. The predicted molar refractivity (Wildman–Crippen MR) is 106 cm³/mol. The molecule has 0 radical (unpaired) electrons. The fourth-order valence-electron chi connectivity index (χ4n) is 3.65. The fourth-order valence-corrected chi connectivity index (χ4v) is 3.65. The minimum Gasteiger partial charge on any atom is -0.459 e. The molecule has 0 fully saturated rings. The fraction of sp³-hybridized carbons (Fsp3) is 0.950. The molecule has 0 spiro atoms. The van der Waals surface area contributed by atoms with Gasteiger partial charge in [0.15, 0.2) is 0 Å². The number of carbonyl (C=O) groups is 1. The number of carbonyl (C=O) groups excluding carboxylic acids is 1. The van der Waals surface area contributed by atoms with Crippen LogP contribution >= 0.6 is 0 Å². The molecule has 150 valence electrons. The first-order chi connectivity index (χ1) is 10.9. The average molecular weight is 358 g/mol. The highest BCUT2D eigenvalue weighted by Gasteiger charge is 2.45. The Balaban J connectivity index is 5.63. The topological polar surface area (TPSA) is 90.4 Å². The molecule has 1 atom stereocenters. The Morgan fingerprint density at radius 1 is 0.800 bits per heavy atom. The normalized spacial score (nSPS) is 16.5. The molecule has 0 bridgehead atoms. The third-order valence-corrected chi connectivity index (χ3v) is 4.32. The Hall–Kier alpha value is -0.650. The second-order valence-corrected chi connectivity index (χ2v) is 10.9. The van der Waals surface area contributed by atoms with Crippen molar-refractivity contribution in [3.8, 4) is 0 Å². The smallest absolute Gasteiger partial charge is 0.326 e. The van der Waals surface area contributed by atoms with Gasteiger partial charge in [-0.2, -0.15) is 0 Å². The van der Waals surface area contributed by atoms with Gasteiger partial charge in [0.1, 0.15) is 11.1 Å². The van der Waals surface area contributed by atoms with Gasteiger partial charge in [0.2, 0.25) is 0 Å². The first-order valence-corrected chi connectivity index (χ1v) is 9.30. The molecule has 1 unspecified atom stereocenters. The van der Waals surface area contributed by atoms with Crippen LogP contribution in [-0.4, -0.2) is 35.7 Å². The number of ether oxygens (including phenoxy) is 1. The maximum Gasteiger partial charge on any atom is 0.326 e. The SMILES string of the molecule is CC(C)(CN)CC(C)(C)NC(C)(CC(C)(C)CN)C(=O)OC(C)(C)C. The summed E-state index contributed by atoms with van der Waals surface area (Å²) in [4.78, 5) is 13.0. The first kappa shape index (κ1) is 24.4. The molecular formula is C20H43N3O2. The molecular weight excluding hydrogens is 314 g/mol. The molecule has 0 aromatic rings. The highest BCUT2D eigenvalue weighted by molar-refractivity contribution is 5.81. The Labute approximate surface area is 155 Å². The maximum absolute atomic E-state index is 13.0. The Morgan fingerprint density at radius 3 is 1.56 bits per heavy atom. The van der Waals surface area contributed by atoms with Crippen LogP contribution in [0.3, 0.4) is 0 Å². The van der Waals surface area contributed by atoms with Crippen LogP contribution in [0.25, 0.3) is 0 Å². The van der Waals surface area contributed by atoms with Crippen molar-refractivity contribution in [1.29, 1.82) is 0 Å². The lowest BCUT2D eigenvalue weighted by atomic mass is 9.75. The van der Waals surface area contributed by atoms with Crippen LogP contribution in [0.5, 0.6) is 0 Å². The summed E-state index contributed by atoms with van der Waals surface area (Å²) >= 11 is 0. The molecule has 0 aliphatic rings. The van der Waals surface area contributed by atoms with Gasteiger partial charge in [-0.05, 0) is 78.3 Å². The van der Waals surface area contributed by atoms with Crippen LogP contribution in [0.4, 0.5) is 0 Å². The molecule has 0 saturated heterocycles. The first-order valence-electron chi connectivity index (χ1n) is 9.30. The van der Waals surface area contributed by atoms with E-state index in [-0.39, 0.29) is 22.3 Å². The molecule has 0 saturated carbocycles. The largest absolute Gasteiger partial charge is 0.459 e. The molecule has 0 amide bonds. The summed E-state index contributed by atoms with van der Waals surface area (Å²) in [5.41, 5.74) is 10.00. The lowest BCUT2D eigenvalue weighted by Gasteiger charge is -2.45. The number of nitrogens with one attached hydrogen (secondary N) is 1. The maximum atomic E-state index is 13.0. The number of rotatable bonds is 9. The van der Waals surface area contributed by atoms with E-state index in [2.05, 4.69) is 46.9 Å². The summed E-state index contributed by atoms with van der Waals surface area (Å²) in [6, 6.07) is 0. The molecule has 25 heavy (non-hydrogen) atoms. The molecule has 5 heteroatoms. The van der Waals surface area contributed by atoms with Crippen molar-refractivity contribution >= 4 is 5.97 Å². The van der Waals surface area contributed by atoms with Gasteiger partial charge >= 0.3 is 5.97 Å². The van der Waals surface area contributed by atoms with Crippen molar-refractivity contribution < 1.29 is 9.53 Å². The lowest BCUT2D eigenvalue weighted by molar-refractivity contribution is -0.165. The van der Waals surface area contributed by atoms with Crippen molar-refractivity contribution in [2.75, 3.05) is 13.1 Å². The second kappa shape index (κ2) is 7.93. The van der Waals surface area contributed by atoms with Gasteiger partial charge in [-0.25, -0.2) is 0 Å². The van der Waals surface area contributed by atoms with Gasteiger partial charge in [0.05, 0.1) is 0 Å². The van der Waals surface area contributed by atoms with Crippen molar-refractivity contribution in [3.63, 3.8) is 0 Å². The standard InChI is InChI=1S/C20H43N3O2/c1-16(2,3)25-15(24)20(10,12-18(6,7)14-22)23-19(8,9)11-17(4,5)13-21/h23H,11-14,21-22H2,1-10H3. The van der Waals surface area contributed by atoms with Gasteiger partial charge in [-0.15, -0.1) is 0 Å². The molecule has 0 heterocycles. The molecule has 5 N–H and O–H groups in total. The molecule has 0 aliphatic heterocycles. The summed E-state index contributed by atoms with van der Waals surface area (Å²) in [6.07, 6.45) is 1.44. The van der Waals surface area contributed by atoms with Crippen molar-refractivity contribution in [2.45, 2.75) is 98.8 Å². The van der Waals surface area contributed by atoms with E-state index in [0.717, 1.165) is 6.42 Å². The third-order valence-electron chi connectivity index (χ3n) is 4.32. The zero-order valence-corrected chi connectivity index (χ0v) is 18.3. The average Bonchev–Trinajstić information content (AvgIpc) is 2.33. The zero-order chi connectivity index (χ0) is 20.3. The van der Waals surface area contributed by atoms with Gasteiger partial charge in [0.25, 0.3) is 0 Å². The quantitative estimate of drug-likeness (QED) is 0.551. The van der Waals surface area contributed by atoms with E-state index in [1.165, 1.54) is 0 Å². The number of hydrogen-bond acceptors (Lipinski definition) is 5. The number of esters is 1. The molecule has 0 aliphatic carbocycles. The van der Waals surface area contributed by atoms with Crippen LogP contribution < -0.4 is 16.8 Å². The van der Waals surface area contributed by atoms with E-state index in [1.807, 2.05) is 27.7 Å². The van der Waals surface area contributed by atoms with Crippen molar-refractivity contribution in [3.05, 3.63) is 0 Å². The van der Waals surface area contributed by atoms with Crippen molar-refractivity contribution in [2.24, 2.45) is 22.3 Å². The van der Waals surface area contributed by atoms with E-state index in [9.17, 15) is 4.79 Å². The summed E-state index contributed by atoms with van der Waals surface area (Å²) in [7, 11) is 0. The van der Waals surface area contributed by atoms with E-state index >= 15 is 0 Å². The van der Waals surface area contributed by atoms with Gasteiger partial charge < -0.3 is 16.2 Å². The third kappa shape index (κ3) is 9.02. The second-order valence-electron chi connectivity index (χ2n) is 10.9. The van der Waals surface area contributed by atoms with Gasteiger partial charge in [-0.3, -0.25) is 10.1 Å². The number of hydrogen-bond donors (Lipinski definition) is 3. The van der Waals surface area contributed by atoms with E-state index in [4.69, 9.17) is 16.2 Å². The molecule has 0 aromatic heterocycles. The molecule has 5 nitrogen and oxygen atoms in total. The predicted octanol–water partition coefficient (Wildman–Crippen LogP) is 3.21. The highest BCUT2D eigenvalue weighted by Crippen LogP contribution is 2.34. The van der Waals surface area contributed by atoms with Crippen LogP contribution in [0, 0.1) is 10.8 Å². The highest BCUT2D eigenvalue weighted by atomic mass is 16.6. The Morgan fingerprint density at radius 2 is 1.20 bits per heavy atom. The van der Waals surface area contributed by atoms with Crippen LogP contribution in [0.2, 0.25) is 0 Å². The van der Waals surface area contributed by atoms with E-state index < -0.39 is 11.1 Å². The van der Waals surface area contributed by atoms with Crippen LogP contribution in [0.15, 0.2) is 0 Å². The molecule has 0 aromatic carbocycles. The summed E-state index contributed by atoms with van der Waals surface area (Å²) in [5, 5.41) is 3.59. The molecule has 0 rings (SSSR count). The summed E-state index contributed by atoms with van der Waals surface area (Å²) in [6.45, 7) is 21.4. The van der Waals surface area contributed by atoms with Crippen molar-refractivity contribution in [1.82, 2.24) is 5.32 Å². The minimum absolute atomic E-state index is 0.0191. The van der Waals surface area contributed by atoms with Crippen LogP contribution in [0.1, 0.15) is 82.1 Å². The minimum atomic E-state index is -0.829. The Bertz CT molecular complexity index is 450. The van der Waals surface area contributed by atoms with E-state index in [1.54, 1.807) is 0 Å². The van der Waals surface area contributed by atoms with Gasteiger partial charge in [0, 0.05) is 5.54 Å². The van der Waals surface area contributed by atoms with Gasteiger partial charge in [-0.1, -0.05) is 27.7 Å². The monoisotopic (exact) mass is 357 g/mol.